The molecule has 21 heavy (non-hydrogen) atoms. The van der Waals surface area contributed by atoms with E-state index >= 15 is 0 Å². The van der Waals surface area contributed by atoms with Crippen LogP contribution in [0.2, 0.25) is 10.0 Å². The van der Waals surface area contributed by atoms with Crippen LogP contribution in [0.3, 0.4) is 0 Å². The highest BCUT2D eigenvalue weighted by atomic mass is 35.5. The van der Waals surface area contributed by atoms with Crippen LogP contribution >= 0.6 is 35.0 Å². The van der Waals surface area contributed by atoms with Crippen LogP contribution < -0.4 is 4.74 Å². The van der Waals surface area contributed by atoms with Gasteiger partial charge in [-0.25, -0.2) is 4.39 Å². The van der Waals surface area contributed by atoms with Gasteiger partial charge in [0.05, 0.1) is 17.9 Å². The van der Waals surface area contributed by atoms with Gasteiger partial charge < -0.3 is 4.74 Å². The minimum atomic E-state index is -0.371. The van der Waals surface area contributed by atoms with Gasteiger partial charge in [-0.2, -0.15) is 0 Å². The Morgan fingerprint density at radius 3 is 2.43 bits per heavy atom. The summed E-state index contributed by atoms with van der Waals surface area (Å²) in [5.74, 6) is 0.191. The van der Waals surface area contributed by atoms with E-state index in [-0.39, 0.29) is 17.4 Å². The lowest BCUT2D eigenvalue weighted by Gasteiger charge is -2.09. The Morgan fingerprint density at radius 1 is 1.14 bits per heavy atom. The molecule has 0 fully saturated rings. The van der Waals surface area contributed by atoms with E-state index in [4.69, 9.17) is 27.9 Å². The molecule has 0 unspecified atom stereocenters. The molecule has 0 N–H and O–H groups in total. The molecule has 2 nitrogen and oxygen atoms in total. The van der Waals surface area contributed by atoms with Gasteiger partial charge in [0.15, 0.2) is 5.78 Å². The summed E-state index contributed by atoms with van der Waals surface area (Å²) in [6.07, 6.45) is 0. The molecule has 0 spiro atoms. The topological polar surface area (TPSA) is 26.3 Å². The van der Waals surface area contributed by atoms with E-state index < -0.39 is 0 Å². The van der Waals surface area contributed by atoms with Crippen molar-refractivity contribution in [3.8, 4) is 5.75 Å². The number of ketones is 1. The maximum Gasteiger partial charge on any atom is 0.173 e. The van der Waals surface area contributed by atoms with Crippen LogP contribution in [0.4, 0.5) is 4.39 Å². The number of thioether (sulfide) groups is 1. The summed E-state index contributed by atoms with van der Waals surface area (Å²) in [7, 11) is 1.50. The normalized spacial score (nSPS) is 10.5. The van der Waals surface area contributed by atoms with Gasteiger partial charge in [-0.05, 0) is 36.4 Å². The van der Waals surface area contributed by atoms with Crippen LogP contribution in [-0.4, -0.2) is 18.6 Å². The zero-order valence-corrected chi connectivity index (χ0v) is 13.4. The van der Waals surface area contributed by atoms with Crippen molar-refractivity contribution in [2.75, 3.05) is 12.9 Å². The Hall–Kier alpha value is -1.23. The van der Waals surface area contributed by atoms with Gasteiger partial charge in [-0.3, -0.25) is 4.79 Å². The number of methoxy groups -OCH3 is 1. The van der Waals surface area contributed by atoms with Crippen molar-refractivity contribution in [1.29, 1.82) is 0 Å². The summed E-state index contributed by atoms with van der Waals surface area (Å²) in [5.41, 5.74) is 0.458. The summed E-state index contributed by atoms with van der Waals surface area (Å²) in [4.78, 5) is 12.7. The Morgan fingerprint density at radius 2 is 1.81 bits per heavy atom. The van der Waals surface area contributed by atoms with E-state index in [1.165, 1.54) is 43.1 Å². The maximum absolute atomic E-state index is 12.8. The zero-order chi connectivity index (χ0) is 15.4. The minimum absolute atomic E-state index is 0.108. The van der Waals surface area contributed by atoms with Gasteiger partial charge in [0.25, 0.3) is 0 Å². The quantitative estimate of drug-likeness (QED) is 0.556. The average Bonchev–Trinajstić information content (AvgIpc) is 2.49. The molecule has 0 bridgehead atoms. The summed E-state index contributed by atoms with van der Waals surface area (Å²) in [6.45, 7) is 0. The lowest BCUT2D eigenvalue weighted by atomic mass is 10.1. The van der Waals surface area contributed by atoms with Gasteiger partial charge in [0.2, 0.25) is 0 Å². The minimum Gasteiger partial charge on any atom is -0.495 e. The first-order chi connectivity index (χ1) is 10.0. The summed E-state index contributed by atoms with van der Waals surface area (Å²) in [5, 5.41) is 0.673. The molecule has 0 heterocycles. The molecule has 2 rings (SSSR count). The van der Waals surface area contributed by atoms with Gasteiger partial charge in [0.1, 0.15) is 16.6 Å². The van der Waals surface area contributed by atoms with Crippen molar-refractivity contribution >= 4 is 40.7 Å². The number of carbonyl (C=O) groups excluding carboxylic acids is 1. The van der Waals surface area contributed by atoms with Crippen LogP contribution in [-0.2, 0) is 0 Å². The highest BCUT2D eigenvalue weighted by molar-refractivity contribution is 8.00. The Kier molecular flexibility index (Phi) is 5.51. The number of halogens is 3. The van der Waals surface area contributed by atoms with Crippen molar-refractivity contribution in [1.82, 2.24) is 0 Å². The van der Waals surface area contributed by atoms with E-state index in [0.717, 1.165) is 0 Å². The Bertz CT molecular complexity index is 659. The number of hydrogen-bond acceptors (Lipinski definition) is 3. The summed E-state index contributed by atoms with van der Waals surface area (Å²) >= 11 is 13.5. The summed E-state index contributed by atoms with van der Waals surface area (Å²) < 4.78 is 17.9. The number of Topliss-reactive ketones (excluding diaryl/α,β-unsaturated/α-hetero) is 1. The number of hydrogen-bond donors (Lipinski definition) is 0. The third-order valence-corrected chi connectivity index (χ3v) is 4.79. The van der Waals surface area contributed by atoms with Crippen molar-refractivity contribution in [3.05, 3.63) is 57.8 Å². The fourth-order valence-corrected chi connectivity index (χ4v) is 3.11. The molecule has 0 radical (unpaired) electrons. The largest absolute Gasteiger partial charge is 0.495 e. The molecule has 110 valence electrons. The van der Waals surface area contributed by atoms with Crippen LogP contribution in [0.25, 0.3) is 0 Å². The van der Waals surface area contributed by atoms with Gasteiger partial charge in [0, 0.05) is 10.5 Å². The maximum atomic E-state index is 12.8. The van der Waals surface area contributed by atoms with Crippen LogP contribution in [0.1, 0.15) is 10.4 Å². The predicted octanol–water partition coefficient (Wildman–Crippen LogP) is 5.12. The Balaban J connectivity index is 2.08. The highest BCUT2D eigenvalue weighted by Gasteiger charge is 2.13. The molecule has 0 aromatic heterocycles. The monoisotopic (exact) mass is 344 g/mol. The molecule has 2 aromatic carbocycles. The van der Waals surface area contributed by atoms with Crippen molar-refractivity contribution in [3.63, 3.8) is 0 Å². The molecule has 0 aliphatic rings. The molecular formula is C15H11Cl2FO2S. The molecule has 0 aliphatic heterocycles. The second kappa shape index (κ2) is 7.16. The molecule has 0 amide bonds. The predicted molar refractivity (Wildman–Crippen MR) is 84.5 cm³/mol. The molecule has 0 saturated carbocycles. The molecule has 0 aliphatic carbocycles. The first-order valence-electron chi connectivity index (χ1n) is 5.96. The zero-order valence-electron chi connectivity index (χ0n) is 11.0. The van der Waals surface area contributed by atoms with E-state index in [2.05, 4.69) is 0 Å². The third-order valence-electron chi connectivity index (χ3n) is 2.76. The Labute approximate surface area is 136 Å². The third kappa shape index (κ3) is 3.90. The van der Waals surface area contributed by atoms with Crippen molar-refractivity contribution in [2.24, 2.45) is 0 Å². The SMILES string of the molecule is COc1ccc(SCC(=O)c2ccc(F)cc2)c(Cl)c1Cl. The van der Waals surface area contributed by atoms with Crippen molar-refractivity contribution < 1.29 is 13.9 Å². The van der Waals surface area contributed by atoms with E-state index in [1.807, 2.05) is 0 Å². The number of benzene rings is 2. The average molecular weight is 345 g/mol. The van der Waals surface area contributed by atoms with Crippen LogP contribution in [0.5, 0.6) is 5.75 Å². The smallest absolute Gasteiger partial charge is 0.173 e. The van der Waals surface area contributed by atoms with Gasteiger partial charge in [-0.15, -0.1) is 11.8 Å². The van der Waals surface area contributed by atoms with Crippen LogP contribution in [0, 0.1) is 5.82 Å². The number of rotatable bonds is 5. The molecule has 2 aromatic rings. The van der Waals surface area contributed by atoms with Crippen LogP contribution in [0.15, 0.2) is 41.3 Å². The fourth-order valence-electron chi connectivity index (χ4n) is 1.65. The second-order valence-electron chi connectivity index (χ2n) is 4.11. The molecule has 0 atom stereocenters. The second-order valence-corrected chi connectivity index (χ2v) is 5.89. The molecule has 6 heteroatoms. The molecular weight excluding hydrogens is 334 g/mol. The lowest BCUT2D eigenvalue weighted by molar-refractivity contribution is 0.102. The summed E-state index contributed by atoms with van der Waals surface area (Å²) in [6, 6.07) is 8.88. The highest BCUT2D eigenvalue weighted by Crippen LogP contribution is 2.39. The number of carbonyl (C=O) groups is 1. The van der Waals surface area contributed by atoms with Gasteiger partial charge in [-0.1, -0.05) is 23.2 Å². The first-order valence-corrected chi connectivity index (χ1v) is 7.70. The van der Waals surface area contributed by atoms with E-state index in [1.54, 1.807) is 12.1 Å². The first kappa shape index (κ1) is 16.1. The standard InChI is InChI=1S/C15H11Cl2FO2S/c1-20-12-6-7-13(15(17)14(12)16)21-8-11(19)9-2-4-10(18)5-3-9/h2-7H,8H2,1H3. The number of ether oxygens (including phenoxy) is 1. The van der Waals surface area contributed by atoms with Gasteiger partial charge >= 0.3 is 0 Å². The van der Waals surface area contributed by atoms with Crippen molar-refractivity contribution in [2.45, 2.75) is 4.90 Å². The lowest BCUT2D eigenvalue weighted by Crippen LogP contribution is -2.02. The van der Waals surface area contributed by atoms with E-state index in [0.29, 0.717) is 26.3 Å². The molecule has 0 saturated heterocycles. The fraction of sp³-hybridized carbons (Fsp3) is 0.133. The van der Waals surface area contributed by atoms with E-state index in [9.17, 15) is 9.18 Å².